The lowest BCUT2D eigenvalue weighted by molar-refractivity contribution is -0.384. The molecule has 3 rings (SSSR count). The minimum Gasteiger partial charge on any atom is -0.307 e. The molecule has 0 saturated heterocycles. The van der Waals surface area contributed by atoms with Crippen molar-refractivity contribution in [1.82, 2.24) is 0 Å². The topological polar surface area (TPSA) is 109 Å². The predicted octanol–water partition coefficient (Wildman–Crippen LogP) is 6.58. The van der Waals surface area contributed by atoms with Crippen molar-refractivity contribution in [3.8, 4) is 0 Å². The highest BCUT2D eigenvalue weighted by atomic mass is 16.6. The van der Waals surface area contributed by atoms with Crippen LogP contribution in [0.25, 0.3) is 0 Å². The molecule has 0 saturated carbocycles. The minimum atomic E-state index is -0.531. The highest BCUT2D eigenvalue weighted by Crippen LogP contribution is 2.29. The average Bonchev–Trinajstić information content (AvgIpc) is 2.70. The lowest BCUT2D eigenvalue weighted by Crippen LogP contribution is -2.20. The molecule has 0 aromatic heterocycles. The Morgan fingerprint density at radius 3 is 2.20 bits per heavy atom. The molecular formula is C22H21N5O3. The molecule has 2 N–H and O–H groups in total. The number of hydrogen-bond donors (Lipinski definition) is 2. The van der Waals surface area contributed by atoms with E-state index < -0.39 is 11.0 Å². The van der Waals surface area contributed by atoms with E-state index in [4.69, 9.17) is 0 Å². The number of carbonyl (C=O) groups is 1. The van der Waals surface area contributed by atoms with Gasteiger partial charge in [-0.05, 0) is 56.2 Å². The second kappa shape index (κ2) is 8.95. The number of aryl methyl sites for hydroxylation is 3. The van der Waals surface area contributed by atoms with E-state index in [2.05, 4.69) is 20.9 Å². The number of anilines is 2. The Labute approximate surface area is 173 Å². The lowest BCUT2D eigenvalue weighted by atomic mass is 10.2. The Balaban J connectivity index is 1.80. The number of benzene rings is 3. The molecule has 0 unspecified atom stereocenters. The van der Waals surface area contributed by atoms with Crippen LogP contribution in [0.1, 0.15) is 16.7 Å². The van der Waals surface area contributed by atoms with Crippen LogP contribution in [0, 0.1) is 30.9 Å². The quantitative estimate of drug-likeness (QED) is 0.285. The smallest absolute Gasteiger partial charge is 0.307 e. The molecular weight excluding hydrogens is 382 g/mol. The van der Waals surface area contributed by atoms with E-state index in [-0.39, 0.29) is 5.69 Å². The molecule has 0 aliphatic carbocycles. The highest BCUT2D eigenvalue weighted by molar-refractivity contribution is 6.02. The predicted molar refractivity (Wildman–Crippen MR) is 117 cm³/mol. The summed E-state index contributed by atoms with van der Waals surface area (Å²) < 4.78 is 0. The van der Waals surface area contributed by atoms with Crippen molar-refractivity contribution in [2.45, 2.75) is 20.8 Å². The van der Waals surface area contributed by atoms with Crippen molar-refractivity contribution in [2.75, 3.05) is 10.6 Å². The first kappa shape index (κ1) is 20.7. The van der Waals surface area contributed by atoms with Gasteiger partial charge in [0.2, 0.25) is 0 Å². The van der Waals surface area contributed by atoms with Gasteiger partial charge >= 0.3 is 6.03 Å². The van der Waals surface area contributed by atoms with Crippen LogP contribution >= 0.6 is 0 Å². The van der Waals surface area contributed by atoms with E-state index in [0.717, 1.165) is 11.1 Å². The molecule has 8 nitrogen and oxygen atoms in total. The maximum atomic E-state index is 12.5. The first-order valence-corrected chi connectivity index (χ1v) is 9.24. The number of nitrogens with one attached hydrogen (secondary N) is 2. The van der Waals surface area contributed by atoms with E-state index in [9.17, 15) is 14.9 Å². The molecule has 2 amide bonds. The Hall–Kier alpha value is -4.07. The van der Waals surface area contributed by atoms with Gasteiger partial charge in [-0.25, -0.2) is 4.79 Å². The van der Waals surface area contributed by atoms with E-state index in [0.29, 0.717) is 28.3 Å². The maximum absolute atomic E-state index is 12.5. The third-order valence-electron chi connectivity index (χ3n) is 4.39. The summed E-state index contributed by atoms with van der Waals surface area (Å²) in [5.41, 5.74) is 4.70. The Kier molecular flexibility index (Phi) is 6.17. The van der Waals surface area contributed by atoms with Crippen LogP contribution in [-0.4, -0.2) is 11.0 Å². The standard InChI is InChI=1S/C22H21N5O3/c1-14-4-8-17(9-5-14)25-26-19-11-6-15(2)12-21(19)24-22(28)23-20-13-18(27(29)30)10-7-16(20)3/h4-13H,1-3H3,(H2,23,24,28). The number of azo groups is 1. The zero-order valence-corrected chi connectivity index (χ0v) is 16.8. The molecule has 30 heavy (non-hydrogen) atoms. The first-order chi connectivity index (χ1) is 14.3. The first-order valence-electron chi connectivity index (χ1n) is 9.24. The van der Waals surface area contributed by atoms with Crippen LogP contribution in [0.15, 0.2) is 70.9 Å². The van der Waals surface area contributed by atoms with Crippen molar-refractivity contribution >= 4 is 34.5 Å². The Morgan fingerprint density at radius 1 is 0.833 bits per heavy atom. The number of amides is 2. The van der Waals surface area contributed by atoms with E-state index >= 15 is 0 Å². The number of nitro groups is 1. The van der Waals surface area contributed by atoms with Crippen molar-refractivity contribution in [2.24, 2.45) is 10.2 Å². The maximum Gasteiger partial charge on any atom is 0.323 e. The molecule has 0 bridgehead atoms. The molecule has 3 aromatic carbocycles. The Bertz CT molecular complexity index is 1120. The van der Waals surface area contributed by atoms with Crippen molar-refractivity contribution in [3.05, 3.63) is 87.5 Å². The number of nitrogens with zero attached hydrogens (tertiary/aromatic N) is 3. The van der Waals surface area contributed by atoms with Gasteiger partial charge in [0.25, 0.3) is 5.69 Å². The second-order valence-electron chi connectivity index (χ2n) is 6.89. The second-order valence-corrected chi connectivity index (χ2v) is 6.89. The number of hydrogen-bond acceptors (Lipinski definition) is 5. The largest absolute Gasteiger partial charge is 0.323 e. The van der Waals surface area contributed by atoms with E-state index in [1.165, 1.54) is 12.1 Å². The van der Waals surface area contributed by atoms with Gasteiger partial charge in [-0.1, -0.05) is 29.8 Å². The van der Waals surface area contributed by atoms with Gasteiger partial charge in [-0.2, -0.15) is 5.11 Å². The summed E-state index contributed by atoms with van der Waals surface area (Å²) in [5, 5.41) is 24.9. The molecule has 0 heterocycles. The molecule has 0 atom stereocenters. The molecule has 0 fully saturated rings. The van der Waals surface area contributed by atoms with Crippen molar-refractivity contribution in [3.63, 3.8) is 0 Å². The number of non-ortho nitro benzene ring substituents is 1. The highest BCUT2D eigenvalue weighted by Gasteiger charge is 2.12. The zero-order chi connectivity index (χ0) is 21.7. The summed E-state index contributed by atoms with van der Waals surface area (Å²) in [6.07, 6.45) is 0. The molecule has 152 valence electrons. The monoisotopic (exact) mass is 403 g/mol. The summed E-state index contributed by atoms with van der Waals surface area (Å²) in [7, 11) is 0. The molecule has 8 heteroatoms. The fraction of sp³-hybridized carbons (Fsp3) is 0.136. The summed E-state index contributed by atoms with van der Waals surface area (Å²) >= 11 is 0. The molecule has 0 aliphatic rings. The van der Waals surface area contributed by atoms with Gasteiger partial charge in [0.15, 0.2) is 0 Å². The number of urea groups is 1. The normalized spacial score (nSPS) is 10.8. The zero-order valence-electron chi connectivity index (χ0n) is 16.8. The third kappa shape index (κ3) is 5.26. The van der Waals surface area contributed by atoms with Crippen LogP contribution in [0.5, 0.6) is 0 Å². The van der Waals surface area contributed by atoms with Gasteiger partial charge in [0.05, 0.1) is 22.0 Å². The van der Waals surface area contributed by atoms with Crippen LogP contribution < -0.4 is 10.6 Å². The SMILES string of the molecule is Cc1ccc(N=Nc2ccc(C)cc2NC(=O)Nc2cc([N+](=O)[O-])ccc2C)cc1. The number of nitro benzene ring substituents is 1. The van der Waals surface area contributed by atoms with E-state index in [1.54, 1.807) is 25.1 Å². The fourth-order valence-corrected chi connectivity index (χ4v) is 2.69. The molecule has 3 aromatic rings. The molecule has 0 spiro atoms. The van der Waals surface area contributed by atoms with Crippen LogP contribution in [-0.2, 0) is 0 Å². The number of rotatable bonds is 5. The third-order valence-corrected chi connectivity index (χ3v) is 4.39. The average molecular weight is 403 g/mol. The van der Waals surface area contributed by atoms with Crippen LogP contribution in [0.2, 0.25) is 0 Å². The van der Waals surface area contributed by atoms with Crippen LogP contribution in [0.4, 0.5) is 33.2 Å². The summed E-state index contributed by atoms with van der Waals surface area (Å²) in [6, 6.07) is 16.8. The van der Waals surface area contributed by atoms with Crippen LogP contribution in [0.3, 0.4) is 0 Å². The fourth-order valence-electron chi connectivity index (χ4n) is 2.69. The van der Waals surface area contributed by atoms with Crippen molar-refractivity contribution in [1.29, 1.82) is 0 Å². The summed E-state index contributed by atoms with van der Waals surface area (Å²) in [5.74, 6) is 0. The Morgan fingerprint density at radius 2 is 1.50 bits per heavy atom. The van der Waals surface area contributed by atoms with Gasteiger partial charge in [0, 0.05) is 12.1 Å². The van der Waals surface area contributed by atoms with E-state index in [1.807, 2.05) is 44.2 Å². The summed E-state index contributed by atoms with van der Waals surface area (Å²) in [4.78, 5) is 23.0. The molecule has 0 aliphatic heterocycles. The lowest BCUT2D eigenvalue weighted by Gasteiger charge is -2.11. The minimum absolute atomic E-state index is 0.0981. The van der Waals surface area contributed by atoms with Gasteiger partial charge in [0.1, 0.15) is 5.69 Å². The summed E-state index contributed by atoms with van der Waals surface area (Å²) in [6.45, 7) is 5.65. The van der Waals surface area contributed by atoms with Gasteiger partial charge in [-0.15, -0.1) is 5.11 Å². The van der Waals surface area contributed by atoms with Gasteiger partial charge < -0.3 is 10.6 Å². The van der Waals surface area contributed by atoms with Gasteiger partial charge in [-0.3, -0.25) is 10.1 Å². The van der Waals surface area contributed by atoms with Crippen molar-refractivity contribution < 1.29 is 9.72 Å². The molecule has 0 radical (unpaired) electrons. The number of carbonyl (C=O) groups excluding carboxylic acids is 1.